The van der Waals surface area contributed by atoms with E-state index in [0.29, 0.717) is 17.2 Å². The lowest BCUT2D eigenvalue weighted by molar-refractivity contribution is -0.384. The smallest absolute Gasteiger partial charge is 0.269 e. The minimum Gasteiger partial charge on any atom is -0.507 e. The van der Waals surface area contributed by atoms with E-state index >= 15 is 0 Å². The third-order valence-electron chi connectivity index (χ3n) is 5.13. The van der Waals surface area contributed by atoms with E-state index in [1.165, 1.54) is 29.8 Å². The van der Waals surface area contributed by atoms with Crippen molar-refractivity contribution in [2.75, 3.05) is 16.8 Å². The van der Waals surface area contributed by atoms with Gasteiger partial charge in [0.15, 0.2) is 0 Å². The van der Waals surface area contributed by atoms with Crippen LogP contribution in [0.3, 0.4) is 0 Å². The van der Waals surface area contributed by atoms with E-state index in [4.69, 9.17) is 0 Å². The number of thioether (sulfide) groups is 1. The summed E-state index contributed by atoms with van der Waals surface area (Å²) < 4.78 is 0. The Balaban J connectivity index is 1.89. The van der Waals surface area contributed by atoms with Gasteiger partial charge >= 0.3 is 0 Å². The zero-order chi connectivity index (χ0) is 24.1. The van der Waals surface area contributed by atoms with Crippen molar-refractivity contribution in [2.45, 2.75) is 65.2 Å². The number of phenolic OH excluding ortho intramolecular Hbond substituents is 1. The van der Waals surface area contributed by atoms with Gasteiger partial charge in [0.05, 0.1) is 10.7 Å². The first-order valence-corrected chi connectivity index (χ1v) is 11.9. The summed E-state index contributed by atoms with van der Waals surface area (Å²) >= 11 is 1.56. The zero-order valence-corrected chi connectivity index (χ0v) is 20.6. The Morgan fingerprint density at radius 2 is 1.56 bits per heavy atom. The van der Waals surface area contributed by atoms with Gasteiger partial charge in [-0.2, -0.15) is 11.8 Å². The highest BCUT2D eigenvalue weighted by molar-refractivity contribution is 7.99. The predicted octanol–water partition coefficient (Wildman–Crippen LogP) is 6.20. The van der Waals surface area contributed by atoms with Gasteiger partial charge in [-0.05, 0) is 58.2 Å². The van der Waals surface area contributed by atoms with Crippen molar-refractivity contribution >= 4 is 29.0 Å². The quantitative estimate of drug-likeness (QED) is 0.279. The number of carbonyl (C=O) groups is 1. The van der Waals surface area contributed by atoms with Crippen molar-refractivity contribution in [2.24, 2.45) is 0 Å². The van der Waals surface area contributed by atoms with Crippen LogP contribution in [0.15, 0.2) is 36.4 Å². The maximum Gasteiger partial charge on any atom is 0.269 e. The number of benzene rings is 2. The molecular formula is C25H34N2O4S. The maximum absolute atomic E-state index is 12.1. The van der Waals surface area contributed by atoms with Crippen LogP contribution < -0.4 is 5.32 Å². The Labute approximate surface area is 195 Å². The average molecular weight is 459 g/mol. The number of nitro benzene ring substituents is 1. The van der Waals surface area contributed by atoms with Crippen LogP contribution in [-0.2, 0) is 22.0 Å². The molecule has 0 bridgehead atoms. The molecule has 2 N–H and O–H groups in total. The third kappa shape index (κ3) is 7.26. The lowest BCUT2D eigenvalue weighted by Crippen LogP contribution is -2.18. The molecule has 0 aliphatic heterocycles. The first-order chi connectivity index (χ1) is 14.8. The minimum atomic E-state index is -0.468. The fourth-order valence-electron chi connectivity index (χ4n) is 3.39. The molecule has 2 aromatic carbocycles. The fourth-order valence-corrected chi connectivity index (χ4v) is 4.14. The van der Waals surface area contributed by atoms with Crippen LogP contribution in [0.5, 0.6) is 5.75 Å². The molecule has 2 aromatic rings. The number of amides is 1. The van der Waals surface area contributed by atoms with Crippen LogP contribution in [0.1, 0.15) is 64.7 Å². The molecule has 0 aliphatic rings. The van der Waals surface area contributed by atoms with Crippen LogP contribution in [0.25, 0.3) is 0 Å². The van der Waals surface area contributed by atoms with E-state index in [-0.39, 0.29) is 22.4 Å². The van der Waals surface area contributed by atoms with Crippen molar-refractivity contribution in [3.05, 3.63) is 63.2 Å². The summed E-state index contributed by atoms with van der Waals surface area (Å²) in [7, 11) is 0. The molecule has 1 amide bonds. The number of nitro groups is 1. The van der Waals surface area contributed by atoms with Gasteiger partial charge in [0.2, 0.25) is 5.91 Å². The topological polar surface area (TPSA) is 92.5 Å². The molecule has 0 saturated carbocycles. The van der Waals surface area contributed by atoms with Gasteiger partial charge in [-0.15, -0.1) is 0 Å². The van der Waals surface area contributed by atoms with Gasteiger partial charge in [0, 0.05) is 17.8 Å². The van der Waals surface area contributed by atoms with Crippen LogP contribution >= 0.6 is 11.8 Å². The molecular weight excluding hydrogens is 424 g/mol. The van der Waals surface area contributed by atoms with Crippen molar-refractivity contribution in [1.82, 2.24) is 0 Å². The van der Waals surface area contributed by atoms with E-state index in [0.717, 1.165) is 29.7 Å². The first kappa shape index (κ1) is 25.7. The molecule has 6 nitrogen and oxygen atoms in total. The number of aryl methyl sites for hydroxylation is 1. The molecule has 7 heteroatoms. The van der Waals surface area contributed by atoms with Crippen molar-refractivity contribution < 1.29 is 14.8 Å². The number of anilines is 1. The van der Waals surface area contributed by atoms with Gasteiger partial charge < -0.3 is 10.4 Å². The van der Waals surface area contributed by atoms with E-state index in [1.54, 1.807) is 11.8 Å². The molecule has 174 valence electrons. The number of hydrogen-bond donors (Lipinski definition) is 2. The summed E-state index contributed by atoms with van der Waals surface area (Å²) in [6, 6.07) is 10.0. The fraction of sp³-hybridized carbons (Fsp3) is 0.480. The van der Waals surface area contributed by atoms with Gasteiger partial charge in [-0.25, -0.2) is 0 Å². The molecule has 0 aromatic heterocycles. The number of phenols is 1. The minimum absolute atomic E-state index is 0.00385. The second-order valence-electron chi connectivity index (χ2n) is 10.0. The summed E-state index contributed by atoms with van der Waals surface area (Å²) in [6.45, 7) is 12.7. The van der Waals surface area contributed by atoms with Crippen molar-refractivity contribution in [1.29, 1.82) is 0 Å². The summed E-state index contributed by atoms with van der Waals surface area (Å²) in [5, 5.41) is 24.3. The molecule has 2 rings (SSSR count). The normalized spacial score (nSPS) is 11.9. The predicted molar refractivity (Wildman–Crippen MR) is 133 cm³/mol. The monoisotopic (exact) mass is 458 g/mol. The molecule has 0 fully saturated rings. The van der Waals surface area contributed by atoms with E-state index in [9.17, 15) is 20.0 Å². The lowest BCUT2D eigenvalue weighted by atomic mass is 9.78. The number of aromatic hydroxyl groups is 1. The highest BCUT2D eigenvalue weighted by Gasteiger charge is 2.26. The number of carbonyl (C=O) groups excluding carboxylic acids is 1. The number of non-ortho nitro benzene ring substituents is 1. The van der Waals surface area contributed by atoms with Gasteiger partial charge in [-0.1, -0.05) is 53.7 Å². The highest BCUT2D eigenvalue weighted by atomic mass is 32.2. The molecule has 0 heterocycles. The Morgan fingerprint density at radius 1 is 1.03 bits per heavy atom. The van der Waals surface area contributed by atoms with Gasteiger partial charge in [0.1, 0.15) is 5.75 Å². The highest BCUT2D eigenvalue weighted by Crippen LogP contribution is 2.40. The Morgan fingerprint density at radius 3 is 2.03 bits per heavy atom. The Bertz CT molecular complexity index is 922. The van der Waals surface area contributed by atoms with Crippen LogP contribution in [-0.4, -0.2) is 27.4 Å². The molecule has 32 heavy (non-hydrogen) atoms. The van der Waals surface area contributed by atoms with E-state index in [2.05, 4.69) is 59.0 Å². The van der Waals surface area contributed by atoms with Crippen LogP contribution in [0.2, 0.25) is 0 Å². The first-order valence-electron chi connectivity index (χ1n) is 10.8. The maximum atomic E-state index is 12.1. The number of nitrogens with zero attached hydrogens (tertiary/aromatic N) is 1. The Kier molecular flexibility index (Phi) is 8.35. The zero-order valence-electron chi connectivity index (χ0n) is 19.8. The molecule has 0 aliphatic carbocycles. The number of nitrogens with one attached hydrogen (secondary N) is 1. The molecule has 0 spiro atoms. The largest absolute Gasteiger partial charge is 0.507 e. The molecule has 0 unspecified atom stereocenters. The standard InChI is InChI=1S/C25H34N2O4S/c1-24(2,3)20-14-17(15-21(23(20)29)25(4,5)6)8-7-13-32-16-22(28)26-18-9-11-19(12-10-18)27(30)31/h9-12,14-15,29H,7-8,13,16H2,1-6H3,(H,26,28). The summed E-state index contributed by atoms with van der Waals surface area (Å²) in [6.07, 6.45) is 1.80. The third-order valence-corrected chi connectivity index (χ3v) is 6.18. The summed E-state index contributed by atoms with van der Waals surface area (Å²) in [5.41, 5.74) is 3.39. The lowest BCUT2D eigenvalue weighted by Gasteiger charge is -2.28. The molecule has 0 saturated heterocycles. The summed E-state index contributed by atoms with van der Waals surface area (Å²) in [4.78, 5) is 22.3. The average Bonchev–Trinajstić information content (AvgIpc) is 2.67. The summed E-state index contributed by atoms with van der Waals surface area (Å²) in [5.74, 6) is 1.43. The van der Waals surface area contributed by atoms with Crippen LogP contribution in [0, 0.1) is 10.1 Å². The molecule has 0 radical (unpaired) electrons. The van der Waals surface area contributed by atoms with Gasteiger partial charge in [0.25, 0.3) is 5.69 Å². The number of rotatable bonds is 8. The second-order valence-corrected chi connectivity index (χ2v) is 11.2. The number of hydrogen-bond acceptors (Lipinski definition) is 5. The van der Waals surface area contributed by atoms with Gasteiger partial charge in [-0.3, -0.25) is 14.9 Å². The van der Waals surface area contributed by atoms with Crippen molar-refractivity contribution in [3.63, 3.8) is 0 Å². The van der Waals surface area contributed by atoms with E-state index < -0.39 is 4.92 Å². The van der Waals surface area contributed by atoms with E-state index in [1.807, 2.05) is 0 Å². The molecule has 0 atom stereocenters. The SMILES string of the molecule is CC(C)(C)c1cc(CCCSCC(=O)Nc2ccc([N+](=O)[O-])cc2)cc(C(C)(C)C)c1O. The van der Waals surface area contributed by atoms with Crippen molar-refractivity contribution in [3.8, 4) is 5.75 Å². The van der Waals surface area contributed by atoms with Crippen LogP contribution in [0.4, 0.5) is 11.4 Å². The Hall–Kier alpha value is -2.54. The second kappa shape index (κ2) is 10.4.